The van der Waals surface area contributed by atoms with Gasteiger partial charge in [-0.15, -0.1) is 0 Å². The van der Waals surface area contributed by atoms with Crippen molar-refractivity contribution in [2.45, 2.75) is 44.0 Å². The molecule has 1 aliphatic carbocycles. The summed E-state index contributed by atoms with van der Waals surface area (Å²) < 4.78 is 28.1. The molecule has 2 aromatic rings. The molecule has 0 saturated heterocycles. The van der Waals surface area contributed by atoms with Crippen LogP contribution in [-0.4, -0.2) is 18.8 Å². The lowest BCUT2D eigenvalue weighted by molar-refractivity contribution is 0.387. The van der Waals surface area contributed by atoms with Crippen LogP contribution in [0.15, 0.2) is 59.6 Å². The first kappa shape index (κ1) is 16.4. The monoisotopic (exact) mass is 353 g/mol. The van der Waals surface area contributed by atoms with E-state index >= 15 is 0 Å². The van der Waals surface area contributed by atoms with Gasteiger partial charge in [0, 0.05) is 12.2 Å². The Balaban J connectivity index is 1.80. The van der Waals surface area contributed by atoms with Gasteiger partial charge in [-0.2, -0.15) is 0 Å². The van der Waals surface area contributed by atoms with Crippen molar-refractivity contribution in [3.8, 4) is 0 Å². The molecule has 4 heteroatoms. The van der Waals surface area contributed by atoms with Crippen molar-refractivity contribution in [3.63, 3.8) is 0 Å². The highest BCUT2D eigenvalue weighted by Gasteiger charge is 2.40. The van der Waals surface area contributed by atoms with E-state index in [0.29, 0.717) is 10.8 Å². The van der Waals surface area contributed by atoms with Gasteiger partial charge in [-0.25, -0.2) is 8.42 Å². The van der Waals surface area contributed by atoms with Gasteiger partial charge in [0.05, 0.1) is 4.90 Å². The minimum absolute atomic E-state index is 0.0871. The first-order valence-corrected chi connectivity index (χ1v) is 10.3. The number of sulfonamides is 1. The summed E-state index contributed by atoms with van der Waals surface area (Å²) in [4.78, 5) is 0.379. The third kappa shape index (κ3) is 2.78. The Labute approximate surface area is 150 Å². The quantitative estimate of drug-likeness (QED) is 0.814. The van der Waals surface area contributed by atoms with Gasteiger partial charge >= 0.3 is 0 Å². The second-order valence-electron chi connectivity index (χ2n) is 7.21. The molecule has 0 unspecified atom stereocenters. The molecule has 1 saturated carbocycles. The highest BCUT2D eigenvalue weighted by Crippen LogP contribution is 2.45. The van der Waals surface area contributed by atoms with Gasteiger partial charge < -0.3 is 0 Å². The van der Waals surface area contributed by atoms with Gasteiger partial charge in [-0.3, -0.25) is 4.31 Å². The van der Waals surface area contributed by atoms with E-state index in [1.165, 1.54) is 16.7 Å². The second-order valence-corrected chi connectivity index (χ2v) is 9.05. The van der Waals surface area contributed by atoms with Gasteiger partial charge in [0.2, 0.25) is 0 Å². The van der Waals surface area contributed by atoms with Crippen LogP contribution >= 0.6 is 0 Å². The summed E-state index contributed by atoms with van der Waals surface area (Å²) in [7, 11) is -3.51. The van der Waals surface area contributed by atoms with Crippen molar-refractivity contribution < 1.29 is 8.42 Å². The molecule has 1 heterocycles. The molecule has 1 aliphatic heterocycles. The lowest BCUT2D eigenvalue weighted by atomic mass is 9.88. The zero-order valence-electron chi connectivity index (χ0n) is 14.6. The molecule has 2 aliphatic rings. The van der Waals surface area contributed by atoms with Crippen LogP contribution in [0, 0.1) is 19.8 Å². The van der Waals surface area contributed by atoms with Crippen LogP contribution in [0.25, 0.3) is 5.57 Å². The van der Waals surface area contributed by atoms with E-state index in [9.17, 15) is 8.42 Å². The number of hydrogen-bond acceptors (Lipinski definition) is 2. The molecular weight excluding hydrogens is 330 g/mol. The van der Waals surface area contributed by atoms with Gasteiger partial charge in [-0.1, -0.05) is 42.0 Å². The number of rotatable bonds is 3. The van der Waals surface area contributed by atoms with Crippen molar-refractivity contribution in [3.05, 3.63) is 71.4 Å². The van der Waals surface area contributed by atoms with Crippen molar-refractivity contribution in [2.24, 2.45) is 5.92 Å². The number of fused-ring (bicyclic) bond motifs is 2. The van der Waals surface area contributed by atoms with Crippen molar-refractivity contribution in [1.82, 2.24) is 4.31 Å². The van der Waals surface area contributed by atoms with Gasteiger partial charge in [-0.05, 0) is 67.9 Å². The topological polar surface area (TPSA) is 37.4 Å². The second kappa shape index (κ2) is 6.03. The van der Waals surface area contributed by atoms with Crippen molar-refractivity contribution in [1.29, 1.82) is 0 Å². The Bertz CT molecular complexity index is 929. The predicted molar refractivity (Wildman–Crippen MR) is 100 cm³/mol. The van der Waals surface area contributed by atoms with Crippen LogP contribution in [0.3, 0.4) is 0 Å². The molecule has 0 aromatic heterocycles. The lowest BCUT2D eigenvalue weighted by Crippen LogP contribution is -2.37. The van der Waals surface area contributed by atoms with E-state index in [2.05, 4.69) is 19.1 Å². The average molecular weight is 353 g/mol. The summed E-state index contributed by atoms with van der Waals surface area (Å²) >= 11 is 0. The van der Waals surface area contributed by atoms with Crippen LogP contribution in [-0.2, 0) is 10.0 Å². The Morgan fingerprint density at radius 3 is 2.40 bits per heavy atom. The molecule has 130 valence electrons. The van der Waals surface area contributed by atoms with Gasteiger partial charge in [0.15, 0.2) is 0 Å². The van der Waals surface area contributed by atoms with Gasteiger partial charge in [0.1, 0.15) is 0 Å². The molecule has 2 aromatic carbocycles. The minimum Gasteiger partial charge on any atom is -0.270 e. The standard InChI is InChI=1S/C21H23NO2S/c1-15-7-11-19(12-8-15)25(23,24)22-14-21(17-9-10-18(22)13-17)20-6-4-3-5-16(20)2/h3-8,11-12,14,17-18H,9-10,13H2,1-2H3/t17-,18+/m0/s1. The molecule has 3 nitrogen and oxygen atoms in total. The number of nitrogens with zero attached hydrogens (tertiary/aromatic N) is 1. The zero-order chi connectivity index (χ0) is 17.6. The fraction of sp³-hybridized carbons (Fsp3) is 0.333. The highest BCUT2D eigenvalue weighted by atomic mass is 32.2. The fourth-order valence-corrected chi connectivity index (χ4v) is 5.66. The molecule has 25 heavy (non-hydrogen) atoms. The van der Waals surface area contributed by atoms with E-state index in [1.54, 1.807) is 16.4 Å². The fourth-order valence-electron chi connectivity index (χ4n) is 4.10. The van der Waals surface area contributed by atoms with Crippen LogP contribution in [0.4, 0.5) is 0 Å². The SMILES string of the molecule is Cc1ccc(S(=O)(=O)N2C=C(c3ccccc3C)[C@H]3CC[C@@H]2C3)cc1. The maximum absolute atomic E-state index is 13.2. The molecule has 0 spiro atoms. The lowest BCUT2D eigenvalue weighted by Gasteiger charge is -2.33. The number of hydrogen-bond donors (Lipinski definition) is 0. The Kier molecular flexibility index (Phi) is 3.95. The number of allylic oxidation sites excluding steroid dienone is 1. The summed E-state index contributed by atoms with van der Waals surface area (Å²) in [5, 5.41) is 0. The Morgan fingerprint density at radius 1 is 0.960 bits per heavy atom. The minimum atomic E-state index is -3.51. The highest BCUT2D eigenvalue weighted by molar-refractivity contribution is 7.89. The maximum atomic E-state index is 13.2. The average Bonchev–Trinajstić information content (AvgIpc) is 2.99. The van der Waals surface area contributed by atoms with Crippen LogP contribution in [0.2, 0.25) is 0 Å². The van der Waals surface area contributed by atoms with Crippen molar-refractivity contribution in [2.75, 3.05) is 0 Å². The summed E-state index contributed by atoms with van der Waals surface area (Å²) in [6.07, 6.45) is 4.82. The molecule has 0 radical (unpaired) electrons. The first-order chi connectivity index (χ1) is 12.0. The summed E-state index contributed by atoms with van der Waals surface area (Å²) in [6, 6.07) is 15.5. The first-order valence-electron chi connectivity index (χ1n) is 8.85. The van der Waals surface area contributed by atoms with Crippen molar-refractivity contribution >= 4 is 15.6 Å². The molecular formula is C21H23NO2S. The van der Waals surface area contributed by atoms with E-state index < -0.39 is 10.0 Å². The molecule has 1 fully saturated rings. The summed E-state index contributed by atoms with van der Waals surface area (Å²) in [5.41, 5.74) is 4.61. The number of benzene rings is 2. The molecule has 0 N–H and O–H groups in total. The molecule has 4 rings (SSSR count). The Hall–Kier alpha value is -2.07. The molecule has 0 amide bonds. The molecule has 2 bridgehead atoms. The van der Waals surface area contributed by atoms with E-state index in [0.717, 1.165) is 24.8 Å². The van der Waals surface area contributed by atoms with Crippen LogP contribution in [0.1, 0.15) is 36.0 Å². The third-order valence-electron chi connectivity index (χ3n) is 5.52. The predicted octanol–water partition coefficient (Wildman–Crippen LogP) is 4.52. The normalized spacial score (nSPS) is 22.8. The molecule has 2 atom stereocenters. The van der Waals surface area contributed by atoms with Crippen LogP contribution < -0.4 is 0 Å². The maximum Gasteiger partial charge on any atom is 0.264 e. The Morgan fingerprint density at radius 2 is 1.68 bits per heavy atom. The van der Waals surface area contributed by atoms with Gasteiger partial charge in [0.25, 0.3) is 10.0 Å². The summed E-state index contributed by atoms with van der Waals surface area (Å²) in [6.45, 7) is 4.06. The van der Waals surface area contributed by atoms with E-state index in [-0.39, 0.29) is 6.04 Å². The third-order valence-corrected chi connectivity index (χ3v) is 7.35. The zero-order valence-corrected chi connectivity index (χ0v) is 15.5. The largest absolute Gasteiger partial charge is 0.270 e. The van der Waals surface area contributed by atoms with E-state index in [1.807, 2.05) is 37.4 Å². The van der Waals surface area contributed by atoms with Crippen LogP contribution in [0.5, 0.6) is 0 Å². The summed E-state index contributed by atoms with van der Waals surface area (Å²) in [5.74, 6) is 0.468. The smallest absolute Gasteiger partial charge is 0.264 e. The van der Waals surface area contributed by atoms with E-state index in [4.69, 9.17) is 0 Å². The number of aryl methyl sites for hydroxylation is 2.